The van der Waals surface area contributed by atoms with Crippen LogP contribution in [0.5, 0.6) is 0 Å². The number of nitrogens with zero attached hydrogens (tertiary/aromatic N) is 2. The van der Waals surface area contributed by atoms with Gasteiger partial charge in [0.15, 0.2) is 0 Å². The molecule has 0 bridgehead atoms. The zero-order chi connectivity index (χ0) is 22.3. The maximum absolute atomic E-state index is 11.1. The van der Waals surface area contributed by atoms with Gasteiger partial charge in [-0.1, -0.05) is 38.1 Å². The van der Waals surface area contributed by atoms with Crippen molar-refractivity contribution in [2.24, 2.45) is 5.41 Å². The SMILES string of the molecule is CC(C)c1ccccc1C1CCCN1C1CC2(CCN(c3ccc(C(=O)O)cc3)CC2)C1. The topological polar surface area (TPSA) is 43.8 Å². The van der Waals surface area contributed by atoms with Crippen LogP contribution >= 0.6 is 0 Å². The summed E-state index contributed by atoms with van der Waals surface area (Å²) in [5, 5.41) is 9.12. The molecule has 2 aromatic rings. The Morgan fingerprint density at radius 3 is 2.34 bits per heavy atom. The number of benzene rings is 2. The first-order chi connectivity index (χ1) is 15.5. The Balaban J connectivity index is 1.20. The lowest BCUT2D eigenvalue weighted by Gasteiger charge is -2.56. The molecule has 1 aliphatic carbocycles. The number of hydrogen-bond acceptors (Lipinski definition) is 3. The zero-order valence-corrected chi connectivity index (χ0v) is 19.5. The van der Waals surface area contributed by atoms with Crippen LogP contribution in [0.15, 0.2) is 48.5 Å². The molecule has 0 aromatic heterocycles. The maximum atomic E-state index is 11.1. The molecule has 1 N–H and O–H groups in total. The van der Waals surface area contributed by atoms with E-state index in [2.05, 4.69) is 47.9 Å². The predicted molar refractivity (Wildman–Crippen MR) is 130 cm³/mol. The molecule has 4 heteroatoms. The minimum atomic E-state index is -0.856. The van der Waals surface area contributed by atoms with Gasteiger partial charge in [-0.05, 0) is 91.8 Å². The standard InChI is InChI=1S/C28H36N2O2/c1-20(2)24-6-3-4-7-25(24)26-8-5-15-30(26)23-18-28(19-23)13-16-29(17-14-28)22-11-9-21(10-12-22)27(31)32/h3-4,6-7,9-12,20,23,26H,5,8,13-19H2,1-2H3,(H,31,32). The van der Waals surface area contributed by atoms with Crippen molar-refractivity contribution in [2.75, 3.05) is 24.5 Å². The summed E-state index contributed by atoms with van der Waals surface area (Å²) in [5.41, 5.74) is 5.14. The third-order valence-electron chi connectivity index (χ3n) is 8.38. The fourth-order valence-electron chi connectivity index (χ4n) is 6.54. The molecule has 0 amide bonds. The zero-order valence-electron chi connectivity index (χ0n) is 19.5. The molecule has 1 saturated carbocycles. The van der Waals surface area contributed by atoms with Crippen LogP contribution in [0.25, 0.3) is 0 Å². The molecule has 3 fully saturated rings. The highest BCUT2D eigenvalue weighted by atomic mass is 16.4. The molecule has 1 spiro atoms. The van der Waals surface area contributed by atoms with Crippen LogP contribution in [0.3, 0.4) is 0 Å². The average molecular weight is 433 g/mol. The van der Waals surface area contributed by atoms with Crippen molar-refractivity contribution in [1.29, 1.82) is 0 Å². The molecule has 170 valence electrons. The molecular weight excluding hydrogens is 396 g/mol. The number of likely N-dealkylation sites (tertiary alicyclic amines) is 1. The molecule has 5 rings (SSSR count). The molecule has 1 atom stereocenters. The van der Waals surface area contributed by atoms with Gasteiger partial charge in [0.25, 0.3) is 0 Å². The largest absolute Gasteiger partial charge is 0.478 e. The van der Waals surface area contributed by atoms with Gasteiger partial charge >= 0.3 is 5.97 Å². The van der Waals surface area contributed by atoms with Crippen molar-refractivity contribution in [3.8, 4) is 0 Å². The highest BCUT2D eigenvalue weighted by molar-refractivity contribution is 5.88. The van der Waals surface area contributed by atoms with Crippen molar-refractivity contribution >= 4 is 11.7 Å². The second-order valence-corrected chi connectivity index (χ2v) is 10.6. The number of carbonyl (C=O) groups is 1. The van der Waals surface area contributed by atoms with Crippen LogP contribution in [0.1, 0.15) is 85.8 Å². The van der Waals surface area contributed by atoms with E-state index in [1.54, 1.807) is 17.7 Å². The van der Waals surface area contributed by atoms with Gasteiger partial charge in [0.05, 0.1) is 5.56 Å². The number of carboxylic acids is 1. The summed E-state index contributed by atoms with van der Waals surface area (Å²) in [6.07, 6.45) is 7.82. The monoisotopic (exact) mass is 432 g/mol. The lowest BCUT2D eigenvalue weighted by molar-refractivity contribution is -0.0227. The summed E-state index contributed by atoms with van der Waals surface area (Å²) in [6, 6.07) is 17.8. The van der Waals surface area contributed by atoms with Gasteiger partial charge in [0.1, 0.15) is 0 Å². The van der Waals surface area contributed by atoms with Gasteiger partial charge in [-0.3, -0.25) is 4.90 Å². The number of anilines is 1. The second kappa shape index (κ2) is 8.55. The first-order valence-electron chi connectivity index (χ1n) is 12.4. The van der Waals surface area contributed by atoms with E-state index in [4.69, 9.17) is 5.11 Å². The minimum absolute atomic E-state index is 0.364. The molecule has 4 nitrogen and oxygen atoms in total. The van der Waals surface area contributed by atoms with Gasteiger partial charge in [0, 0.05) is 30.9 Å². The number of piperidine rings is 1. The summed E-state index contributed by atoms with van der Waals surface area (Å²) < 4.78 is 0. The van der Waals surface area contributed by atoms with Crippen LogP contribution in [0.4, 0.5) is 5.69 Å². The number of carboxylic acid groups (broad SMARTS) is 1. The van der Waals surface area contributed by atoms with Crippen LogP contribution in [-0.2, 0) is 0 Å². The van der Waals surface area contributed by atoms with Crippen molar-refractivity contribution in [1.82, 2.24) is 4.90 Å². The van der Waals surface area contributed by atoms with E-state index >= 15 is 0 Å². The summed E-state index contributed by atoms with van der Waals surface area (Å²) in [7, 11) is 0. The molecule has 2 aromatic carbocycles. The fourth-order valence-corrected chi connectivity index (χ4v) is 6.54. The fraction of sp³-hybridized carbons (Fsp3) is 0.536. The Labute approximate surface area is 192 Å². The number of hydrogen-bond donors (Lipinski definition) is 1. The number of aromatic carboxylic acids is 1. The van der Waals surface area contributed by atoms with E-state index in [0.717, 1.165) is 24.8 Å². The maximum Gasteiger partial charge on any atom is 0.335 e. The Morgan fingerprint density at radius 1 is 1.00 bits per heavy atom. The van der Waals surface area contributed by atoms with Crippen molar-refractivity contribution in [3.05, 3.63) is 65.2 Å². The van der Waals surface area contributed by atoms with Crippen LogP contribution < -0.4 is 4.90 Å². The highest BCUT2D eigenvalue weighted by Gasteiger charge is 2.49. The van der Waals surface area contributed by atoms with E-state index < -0.39 is 5.97 Å². The lowest BCUT2D eigenvalue weighted by Crippen LogP contribution is -2.54. The number of rotatable bonds is 5. The van der Waals surface area contributed by atoms with Crippen molar-refractivity contribution < 1.29 is 9.90 Å². The van der Waals surface area contributed by atoms with E-state index in [1.165, 1.54) is 50.6 Å². The van der Waals surface area contributed by atoms with E-state index in [0.29, 0.717) is 22.9 Å². The molecular formula is C28H36N2O2. The summed E-state index contributed by atoms with van der Waals surface area (Å²) >= 11 is 0. The summed E-state index contributed by atoms with van der Waals surface area (Å²) in [6.45, 7) is 8.05. The summed E-state index contributed by atoms with van der Waals surface area (Å²) in [5.74, 6) is -0.277. The van der Waals surface area contributed by atoms with Crippen molar-refractivity contribution in [2.45, 2.75) is 70.4 Å². The van der Waals surface area contributed by atoms with Crippen molar-refractivity contribution in [3.63, 3.8) is 0 Å². The third-order valence-corrected chi connectivity index (χ3v) is 8.38. The Bertz CT molecular complexity index is 952. The highest BCUT2D eigenvalue weighted by Crippen LogP contribution is 2.54. The quantitative estimate of drug-likeness (QED) is 0.620. The van der Waals surface area contributed by atoms with E-state index in [-0.39, 0.29) is 0 Å². The van der Waals surface area contributed by atoms with Crippen LogP contribution in [0.2, 0.25) is 0 Å². The molecule has 2 heterocycles. The van der Waals surface area contributed by atoms with Gasteiger partial charge in [0.2, 0.25) is 0 Å². The first-order valence-corrected chi connectivity index (χ1v) is 12.4. The van der Waals surface area contributed by atoms with Gasteiger partial charge < -0.3 is 10.0 Å². The van der Waals surface area contributed by atoms with E-state index in [1.807, 2.05) is 12.1 Å². The minimum Gasteiger partial charge on any atom is -0.478 e. The Morgan fingerprint density at radius 2 is 1.69 bits per heavy atom. The lowest BCUT2D eigenvalue weighted by atomic mass is 9.59. The van der Waals surface area contributed by atoms with Crippen LogP contribution in [0, 0.1) is 5.41 Å². The molecule has 1 unspecified atom stereocenters. The smallest absolute Gasteiger partial charge is 0.335 e. The molecule has 32 heavy (non-hydrogen) atoms. The Hall–Kier alpha value is -2.33. The molecule has 3 aliphatic rings. The Kier molecular flexibility index (Phi) is 5.75. The summed E-state index contributed by atoms with van der Waals surface area (Å²) in [4.78, 5) is 16.4. The van der Waals surface area contributed by atoms with Gasteiger partial charge in [-0.15, -0.1) is 0 Å². The average Bonchev–Trinajstić information content (AvgIpc) is 3.27. The third kappa shape index (κ3) is 3.94. The van der Waals surface area contributed by atoms with Gasteiger partial charge in [-0.2, -0.15) is 0 Å². The van der Waals surface area contributed by atoms with E-state index in [9.17, 15) is 4.79 Å². The first kappa shape index (κ1) is 21.5. The van der Waals surface area contributed by atoms with Gasteiger partial charge in [-0.25, -0.2) is 4.79 Å². The molecule has 0 radical (unpaired) electrons. The predicted octanol–water partition coefficient (Wildman–Crippen LogP) is 6.09. The molecule has 2 saturated heterocycles. The normalized spacial score (nSPS) is 23.6. The molecule has 2 aliphatic heterocycles. The van der Waals surface area contributed by atoms with Crippen LogP contribution in [-0.4, -0.2) is 41.7 Å². The second-order valence-electron chi connectivity index (χ2n) is 10.6.